The molecule has 150 valence electrons. The van der Waals surface area contributed by atoms with Gasteiger partial charge in [0, 0.05) is 38.3 Å². The molecule has 5 nitrogen and oxygen atoms in total. The normalized spacial score (nSPS) is 27.0. The maximum Gasteiger partial charge on any atom is 0.161 e. The summed E-state index contributed by atoms with van der Waals surface area (Å²) in [6.45, 7) is 4.59. The fourth-order valence-corrected chi connectivity index (χ4v) is 5.09. The molecule has 5 heteroatoms. The SMILES string of the molecule is COc1cc(CN2C[C@H]3CCCN3C[C@@H]2CCO)ccc1OC1CCCC1. The van der Waals surface area contributed by atoms with Gasteiger partial charge in [-0.15, -0.1) is 0 Å². The molecule has 3 aliphatic rings. The molecule has 2 aliphatic heterocycles. The van der Waals surface area contributed by atoms with Crippen LogP contribution in [0.3, 0.4) is 0 Å². The lowest BCUT2D eigenvalue weighted by atomic mass is 10.0. The fourth-order valence-electron chi connectivity index (χ4n) is 5.09. The molecule has 1 aromatic carbocycles. The van der Waals surface area contributed by atoms with Crippen LogP contribution < -0.4 is 9.47 Å². The standard InChI is InChI=1S/C22H34N2O3/c1-26-22-13-17(8-9-21(22)27-20-6-2-3-7-20)14-24-16-18-5-4-11-23(18)15-19(24)10-12-25/h8-9,13,18-20,25H,2-7,10-12,14-16H2,1H3/t18-,19+/m1/s1. The second kappa shape index (κ2) is 8.80. The minimum atomic E-state index is 0.261. The molecule has 0 radical (unpaired) electrons. The summed E-state index contributed by atoms with van der Waals surface area (Å²) in [4.78, 5) is 5.19. The highest BCUT2D eigenvalue weighted by Gasteiger charge is 2.35. The van der Waals surface area contributed by atoms with Crippen molar-refractivity contribution in [3.8, 4) is 11.5 Å². The van der Waals surface area contributed by atoms with Gasteiger partial charge in [-0.2, -0.15) is 0 Å². The number of ether oxygens (including phenoxy) is 2. The van der Waals surface area contributed by atoms with E-state index < -0.39 is 0 Å². The van der Waals surface area contributed by atoms with Crippen molar-refractivity contribution in [1.82, 2.24) is 9.80 Å². The number of rotatable bonds is 7. The second-order valence-electron chi connectivity index (χ2n) is 8.40. The molecule has 0 bridgehead atoms. The molecule has 2 atom stereocenters. The number of fused-ring (bicyclic) bond motifs is 1. The Hall–Kier alpha value is -1.30. The highest BCUT2D eigenvalue weighted by molar-refractivity contribution is 5.43. The second-order valence-corrected chi connectivity index (χ2v) is 8.40. The van der Waals surface area contributed by atoms with E-state index in [9.17, 15) is 5.11 Å². The van der Waals surface area contributed by atoms with Crippen molar-refractivity contribution >= 4 is 0 Å². The third-order valence-corrected chi connectivity index (χ3v) is 6.58. The molecule has 1 saturated carbocycles. The van der Waals surface area contributed by atoms with Gasteiger partial charge in [-0.1, -0.05) is 6.07 Å². The third-order valence-electron chi connectivity index (χ3n) is 6.58. The van der Waals surface area contributed by atoms with Gasteiger partial charge in [0.2, 0.25) is 0 Å². The van der Waals surface area contributed by atoms with Crippen molar-refractivity contribution in [2.75, 3.05) is 33.4 Å². The zero-order valence-electron chi connectivity index (χ0n) is 16.6. The van der Waals surface area contributed by atoms with Gasteiger partial charge in [-0.3, -0.25) is 9.80 Å². The van der Waals surface area contributed by atoms with Crippen LogP contribution in [0.1, 0.15) is 50.5 Å². The van der Waals surface area contributed by atoms with Crippen molar-refractivity contribution in [3.05, 3.63) is 23.8 Å². The zero-order chi connectivity index (χ0) is 18.6. The number of nitrogens with zero attached hydrogens (tertiary/aromatic N) is 2. The molecule has 4 rings (SSSR count). The molecule has 2 saturated heterocycles. The van der Waals surface area contributed by atoms with Gasteiger partial charge in [0.25, 0.3) is 0 Å². The highest BCUT2D eigenvalue weighted by atomic mass is 16.5. The Morgan fingerprint density at radius 1 is 1.07 bits per heavy atom. The topological polar surface area (TPSA) is 45.2 Å². The molecule has 1 aliphatic carbocycles. The van der Waals surface area contributed by atoms with Gasteiger partial charge >= 0.3 is 0 Å². The number of piperazine rings is 1. The number of methoxy groups -OCH3 is 1. The molecule has 1 N–H and O–H groups in total. The van der Waals surface area contributed by atoms with E-state index in [1.165, 1.54) is 37.8 Å². The average molecular weight is 375 g/mol. The lowest BCUT2D eigenvalue weighted by Crippen LogP contribution is -2.55. The summed E-state index contributed by atoms with van der Waals surface area (Å²) >= 11 is 0. The fraction of sp³-hybridized carbons (Fsp3) is 0.727. The van der Waals surface area contributed by atoms with Gasteiger partial charge < -0.3 is 14.6 Å². The number of aliphatic hydroxyl groups excluding tert-OH is 1. The zero-order valence-corrected chi connectivity index (χ0v) is 16.6. The Morgan fingerprint density at radius 3 is 2.70 bits per heavy atom. The van der Waals surface area contributed by atoms with Crippen molar-refractivity contribution in [2.24, 2.45) is 0 Å². The summed E-state index contributed by atoms with van der Waals surface area (Å²) in [6.07, 6.45) is 8.65. The first-order valence-corrected chi connectivity index (χ1v) is 10.7. The van der Waals surface area contributed by atoms with Crippen LogP contribution in [-0.2, 0) is 6.54 Å². The van der Waals surface area contributed by atoms with Crippen molar-refractivity contribution in [2.45, 2.75) is 69.7 Å². The Labute approximate surface area is 163 Å². The van der Waals surface area contributed by atoms with Crippen LogP contribution in [0.5, 0.6) is 11.5 Å². The summed E-state index contributed by atoms with van der Waals surface area (Å²) in [5.74, 6) is 1.72. The Kier molecular flexibility index (Phi) is 6.21. The smallest absolute Gasteiger partial charge is 0.161 e. The lowest BCUT2D eigenvalue weighted by molar-refractivity contribution is 0.0333. The molecule has 3 fully saturated rings. The van der Waals surface area contributed by atoms with E-state index in [2.05, 4.69) is 28.0 Å². The Bertz CT molecular complexity index is 618. The number of aliphatic hydroxyl groups is 1. The van der Waals surface area contributed by atoms with Crippen LogP contribution >= 0.6 is 0 Å². The Morgan fingerprint density at radius 2 is 1.93 bits per heavy atom. The molecule has 1 aromatic rings. The van der Waals surface area contributed by atoms with E-state index in [1.807, 2.05) is 0 Å². The van der Waals surface area contributed by atoms with Crippen LogP contribution in [-0.4, -0.2) is 66.4 Å². The predicted octanol–water partition coefficient (Wildman–Crippen LogP) is 3.05. The van der Waals surface area contributed by atoms with E-state index in [4.69, 9.17) is 9.47 Å². The average Bonchev–Trinajstić information content (AvgIpc) is 3.35. The highest BCUT2D eigenvalue weighted by Crippen LogP contribution is 2.33. The van der Waals surface area contributed by atoms with Crippen LogP contribution in [0, 0.1) is 0 Å². The monoisotopic (exact) mass is 374 g/mol. The van der Waals surface area contributed by atoms with Crippen molar-refractivity contribution in [1.29, 1.82) is 0 Å². The summed E-state index contributed by atoms with van der Waals surface area (Å²) in [5, 5.41) is 9.52. The minimum absolute atomic E-state index is 0.261. The van der Waals surface area contributed by atoms with E-state index in [0.29, 0.717) is 18.2 Å². The first kappa shape index (κ1) is 19.0. The van der Waals surface area contributed by atoms with Crippen LogP contribution in [0.15, 0.2) is 18.2 Å². The molecule has 0 unspecified atom stereocenters. The van der Waals surface area contributed by atoms with Crippen LogP contribution in [0.25, 0.3) is 0 Å². The predicted molar refractivity (Wildman–Crippen MR) is 106 cm³/mol. The van der Waals surface area contributed by atoms with Crippen molar-refractivity contribution < 1.29 is 14.6 Å². The molecule has 27 heavy (non-hydrogen) atoms. The Balaban J connectivity index is 1.45. The van der Waals surface area contributed by atoms with E-state index in [1.54, 1.807) is 7.11 Å². The molecule has 0 spiro atoms. The molecular weight excluding hydrogens is 340 g/mol. The largest absolute Gasteiger partial charge is 0.493 e. The van der Waals surface area contributed by atoms with Crippen LogP contribution in [0.4, 0.5) is 0 Å². The maximum absolute atomic E-state index is 9.52. The quantitative estimate of drug-likeness (QED) is 0.795. The first-order chi connectivity index (χ1) is 13.3. The van der Waals surface area contributed by atoms with Gasteiger partial charge in [0.15, 0.2) is 11.5 Å². The first-order valence-electron chi connectivity index (χ1n) is 10.7. The summed E-state index contributed by atoms with van der Waals surface area (Å²) in [7, 11) is 1.73. The third kappa shape index (κ3) is 4.41. The summed E-state index contributed by atoms with van der Waals surface area (Å²) < 4.78 is 11.8. The van der Waals surface area contributed by atoms with Crippen molar-refractivity contribution in [3.63, 3.8) is 0 Å². The van der Waals surface area contributed by atoms with Gasteiger partial charge in [0.1, 0.15) is 0 Å². The van der Waals surface area contributed by atoms with E-state index in [-0.39, 0.29) is 6.61 Å². The molecule has 2 heterocycles. The number of hydrogen-bond acceptors (Lipinski definition) is 5. The molecule has 0 amide bonds. The molecular formula is C22H34N2O3. The van der Waals surface area contributed by atoms with E-state index >= 15 is 0 Å². The van der Waals surface area contributed by atoms with Gasteiger partial charge in [-0.25, -0.2) is 0 Å². The van der Waals surface area contributed by atoms with Gasteiger partial charge in [0.05, 0.1) is 13.2 Å². The number of hydrogen-bond donors (Lipinski definition) is 1. The van der Waals surface area contributed by atoms with Gasteiger partial charge in [-0.05, 0) is 69.2 Å². The molecule has 0 aromatic heterocycles. The van der Waals surface area contributed by atoms with Crippen LogP contribution in [0.2, 0.25) is 0 Å². The van der Waals surface area contributed by atoms with E-state index in [0.717, 1.165) is 50.4 Å². The number of benzene rings is 1. The summed E-state index contributed by atoms with van der Waals surface area (Å²) in [6, 6.07) is 7.53. The maximum atomic E-state index is 9.52. The minimum Gasteiger partial charge on any atom is -0.493 e. The summed E-state index contributed by atoms with van der Waals surface area (Å²) in [5.41, 5.74) is 1.26. The lowest BCUT2D eigenvalue weighted by Gasteiger charge is -2.43.